The van der Waals surface area contributed by atoms with Crippen molar-refractivity contribution in [3.8, 4) is 0 Å². The molecule has 6 heteroatoms. The number of amides is 1. The predicted molar refractivity (Wildman–Crippen MR) is 72.6 cm³/mol. The van der Waals surface area contributed by atoms with Gasteiger partial charge in [-0.05, 0) is 31.4 Å². The Morgan fingerprint density at radius 3 is 2.68 bits per heavy atom. The lowest BCUT2D eigenvalue weighted by molar-refractivity contribution is -0.384. The highest BCUT2D eigenvalue weighted by Crippen LogP contribution is 2.45. The van der Waals surface area contributed by atoms with E-state index in [4.69, 9.17) is 11.6 Å². The maximum absolute atomic E-state index is 12.0. The van der Waals surface area contributed by atoms with Gasteiger partial charge in [0.1, 0.15) is 0 Å². The van der Waals surface area contributed by atoms with Crippen LogP contribution in [0, 0.1) is 22.5 Å². The zero-order valence-corrected chi connectivity index (χ0v) is 11.4. The maximum atomic E-state index is 12.0. The molecule has 2 rings (SSSR count). The number of non-ortho nitro benzene ring substituents is 1. The second kappa shape index (κ2) is 5.17. The van der Waals surface area contributed by atoms with Crippen molar-refractivity contribution in [1.82, 2.24) is 5.32 Å². The molecule has 1 N–H and O–H groups in total. The molecule has 1 amide bonds. The highest BCUT2D eigenvalue weighted by Gasteiger charge is 2.41. The van der Waals surface area contributed by atoms with Gasteiger partial charge in [-0.2, -0.15) is 0 Å². The monoisotopic (exact) mass is 282 g/mol. The number of halogens is 1. The third-order valence-corrected chi connectivity index (χ3v) is 4.10. The van der Waals surface area contributed by atoms with E-state index in [1.54, 1.807) is 6.92 Å². The third kappa shape index (κ3) is 3.04. The molecule has 1 aromatic rings. The minimum atomic E-state index is -0.471. The van der Waals surface area contributed by atoms with Crippen LogP contribution >= 0.6 is 11.6 Å². The van der Waals surface area contributed by atoms with Crippen LogP contribution in [0.5, 0.6) is 0 Å². The van der Waals surface area contributed by atoms with E-state index >= 15 is 0 Å². The standard InChI is InChI=1S/C13H15ClN2O3/c1-9-6-10(16(18)19)2-3-11(9)12(17)15-8-13(7-14)4-5-13/h2-3,6H,4-5,7-8H2,1H3,(H,15,17). The Hall–Kier alpha value is -1.62. The van der Waals surface area contributed by atoms with Gasteiger partial charge >= 0.3 is 0 Å². The number of nitrogens with zero attached hydrogens (tertiary/aromatic N) is 1. The number of benzene rings is 1. The molecule has 0 bridgehead atoms. The number of carbonyl (C=O) groups is 1. The summed E-state index contributed by atoms with van der Waals surface area (Å²) in [5.41, 5.74) is 1.12. The number of alkyl halides is 1. The Morgan fingerprint density at radius 2 is 2.21 bits per heavy atom. The highest BCUT2D eigenvalue weighted by atomic mass is 35.5. The minimum absolute atomic E-state index is 0.00605. The number of hydrogen-bond donors (Lipinski definition) is 1. The van der Waals surface area contributed by atoms with Gasteiger partial charge in [0.15, 0.2) is 0 Å². The van der Waals surface area contributed by atoms with Crippen LogP contribution in [0.3, 0.4) is 0 Å². The van der Waals surface area contributed by atoms with Crippen molar-refractivity contribution in [2.45, 2.75) is 19.8 Å². The minimum Gasteiger partial charge on any atom is -0.351 e. The Morgan fingerprint density at radius 1 is 1.53 bits per heavy atom. The molecule has 1 aromatic carbocycles. The molecular formula is C13H15ClN2O3. The summed E-state index contributed by atoms with van der Waals surface area (Å²) in [6.07, 6.45) is 2.08. The van der Waals surface area contributed by atoms with Crippen LogP contribution in [0.2, 0.25) is 0 Å². The van der Waals surface area contributed by atoms with Crippen molar-refractivity contribution in [2.75, 3.05) is 12.4 Å². The summed E-state index contributed by atoms with van der Waals surface area (Å²) >= 11 is 5.85. The normalized spacial score (nSPS) is 15.9. The first kappa shape index (κ1) is 13.8. The summed E-state index contributed by atoms with van der Waals surface area (Å²) < 4.78 is 0. The summed E-state index contributed by atoms with van der Waals surface area (Å²) in [7, 11) is 0. The molecule has 1 saturated carbocycles. The highest BCUT2D eigenvalue weighted by molar-refractivity contribution is 6.18. The smallest absolute Gasteiger partial charge is 0.269 e. The Bertz CT molecular complexity index is 527. The lowest BCUT2D eigenvalue weighted by Crippen LogP contribution is -2.31. The molecule has 0 aliphatic heterocycles. The van der Waals surface area contributed by atoms with Crippen molar-refractivity contribution in [2.24, 2.45) is 5.41 Å². The number of nitro groups is 1. The van der Waals surface area contributed by atoms with Gasteiger partial charge in [0.2, 0.25) is 0 Å². The molecule has 102 valence electrons. The lowest BCUT2D eigenvalue weighted by Gasteiger charge is -2.13. The first-order chi connectivity index (χ1) is 8.97. The first-order valence-corrected chi connectivity index (χ1v) is 6.60. The van der Waals surface area contributed by atoms with Crippen molar-refractivity contribution < 1.29 is 9.72 Å². The van der Waals surface area contributed by atoms with Gasteiger partial charge < -0.3 is 5.32 Å². The van der Waals surface area contributed by atoms with E-state index in [0.29, 0.717) is 23.6 Å². The van der Waals surface area contributed by atoms with E-state index in [0.717, 1.165) is 12.8 Å². The number of nitrogens with one attached hydrogen (secondary N) is 1. The largest absolute Gasteiger partial charge is 0.351 e. The van der Waals surface area contributed by atoms with Gasteiger partial charge in [0, 0.05) is 35.5 Å². The van der Waals surface area contributed by atoms with Crippen LogP contribution in [0.25, 0.3) is 0 Å². The second-order valence-electron chi connectivity index (χ2n) is 5.07. The van der Waals surface area contributed by atoms with E-state index in [2.05, 4.69) is 5.32 Å². The molecule has 19 heavy (non-hydrogen) atoms. The summed E-state index contributed by atoms with van der Waals surface area (Å²) in [6, 6.07) is 4.24. The van der Waals surface area contributed by atoms with Crippen LogP contribution in [-0.2, 0) is 0 Å². The third-order valence-electron chi connectivity index (χ3n) is 3.53. The number of nitro benzene ring substituents is 1. The number of carbonyl (C=O) groups excluding carboxylic acids is 1. The van der Waals surface area contributed by atoms with Gasteiger partial charge in [-0.1, -0.05) is 0 Å². The summed E-state index contributed by atoms with van der Waals surface area (Å²) in [4.78, 5) is 22.2. The molecule has 0 aromatic heterocycles. The molecule has 0 atom stereocenters. The summed E-state index contributed by atoms with van der Waals surface area (Å²) in [6.45, 7) is 2.25. The van der Waals surface area contributed by atoms with E-state index < -0.39 is 4.92 Å². The van der Waals surface area contributed by atoms with Crippen molar-refractivity contribution in [3.63, 3.8) is 0 Å². The summed E-state index contributed by atoms with van der Waals surface area (Å²) in [5, 5.41) is 13.5. The second-order valence-corrected chi connectivity index (χ2v) is 5.34. The van der Waals surface area contributed by atoms with E-state index in [1.807, 2.05) is 0 Å². The molecule has 0 heterocycles. The number of rotatable bonds is 5. The molecule has 1 fully saturated rings. The fraction of sp³-hybridized carbons (Fsp3) is 0.462. The predicted octanol–water partition coefficient (Wildman–Crippen LogP) is 2.65. The molecular weight excluding hydrogens is 268 g/mol. The first-order valence-electron chi connectivity index (χ1n) is 6.07. The Kier molecular flexibility index (Phi) is 3.75. The van der Waals surface area contributed by atoms with Gasteiger partial charge in [-0.15, -0.1) is 11.6 Å². The van der Waals surface area contributed by atoms with Crippen LogP contribution in [0.1, 0.15) is 28.8 Å². The maximum Gasteiger partial charge on any atom is 0.269 e. The molecule has 0 spiro atoms. The van der Waals surface area contributed by atoms with Crippen molar-refractivity contribution in [1.29, 1.82) is 0 Å². The number of aryl methyl sites for hydroxylation is 1. The van der Waals surface area contributed by atoms with Gasteiger partial charge in [-0.25, -0.2) is 0 Å². The van der Waals surface area contributed by atoms with Crippen molar-refractivity contribution >= 4 is 23.2 Å². The van der Waals surface area contributed by atoms with Crippen molar-refractivity contribution in [3.05, 3.63) is 39.4 Å². The van der Waals surface area contributed by atoms with Gasteiger partial charge in [0.05, 0.1) is 4.92 Å². The van der Waals surface area contributed by atoms with Crippen LogP contribution in [-0.4, -0.2) is 23.3 Å². The number of hydrogen-bond acceptors (Lipinski definition) is 3. The van der Waals surface area contributed by atoms with Crippen LogP contribution < -0.4 is 5.32 Å². The zero-order valence-electron chi connectivity index (χ0n) is 10.6. The molecule has 0 saturated heterocycles. The van der Waals surface area contributed by atoms with Gasteiger partial charge in [0.25, 0.3) is 11.6 Å². The van der Waals surface area contributed by atoms with E-state index in [9.17, 15) is 14.9 Å². The van der Waals surface area contributed by atoms with E-state index in [-0.39, 0.29) is 17.0 Å². The lowest BCUT2D eigenvalue weighted by atomic mass is 10.1. The quantitative estimate of drug-likeness (QED) is 0.513. The Labute approximate surface area is 116 Å². The van der Waals surface area contributed by atoms with Gasteiger partial charge in [-0.3, -0.25) is 14.9 Å². The Balaban J connectivity index is 2.05. The fourth-order valence-corrected chi connectivity index (χ4v) is 2.28. The van der Waals surface area contributed by atoms with E-state index in [1.165, 1.54) is 18.2 Å². The summed E-state index contributed by atoms with van der Waals surface area (Å²) in [5.74, 6) is 0.343. The molecule has 1 aliphatic rings. The van der Waals surface area contributed by atoms with Crippen LogP contribution in [0.4, 0.5) is 5.69 Å². The molecule has 5 nitrogen and oxygen atoms in total. The molecule has 0 unspecified atom stereocenters. The van der Waals surface area contributed by atoms with Crippen LogP contribution in [0.15, 0.2) is 18.2 Å². The molecule has 0 radical (unpaired) electrons. The molecule has 1 aliphatic carbocycles. The fourth-order valence-electron chi connectivity index (χ4n) is 1.91. The SMILES string of the molecule is Cc1cc([N+](=O)[O-])ccc1C(=O)NCC1(CCl)CC1. The zero-order chi connectivity index (χ0) is 14.0. The topological polar surface area (TPSA) is 72.2 Å². The average Bonchev–Trinajstić information content (AvgIpc) is 3.16. The average molecular weight is 283 g/mol.